The number of nitrogens with one attached hydrogen (secondary N) is 1. The number of halogens is 1. The van der Waals surface area contributed by atoms with Crippen molar-refractivity contribution in [3.05, 3.63) is 18.2 Å². The second-order valence-electron chi connectivity index (χ2n) is 2.18. The van der Waals surface area contributed by atoms with Crippen LogP contribution >= 0.6 is 12.4 Å². The van der Waals surface area contributed by atoms with Gasteiger partial charge in [-0.15, -0.1) is 12.4 Å². The van der Waals surface area contributed by atoms with Gasteiger partial charge in [0, 0.05) is 0 Å². The molecule has 0 amide bonds. The van der Waals surface area contributed by atoms with Crippen LogP contribution in [0.15, 0.2) is 18.2 Å². The monoisotopic (exact) mass is 204 g/mol. The highest BCUT2D eigenvalue weighted by Gasteiger charge is 2.06. The van der Waals surface area contributed by atoms with Gasteiger partial charge in [0.25, 0.3) is 0 Å². The van der Waals surface area contributed by atoms with E-state index in [1.807, 2.05) is 6.07 Å². The molecule has 0 heterocycles. The van der Waals surface area contributed by atoms with Gasteiger partial charge in [0.05, 0.1) is 14.2 Å². The van der Waals surface area contributed by atoms with Crippen molar-refractivity contribution in [2.45, 2.75) is 0 Å². The summed E-state index contributed by atoms with van der Waals surface area (Å²) in [5.41, 5.74) is 3.17. The predicted octanol–water partition coefficient (Wildman–Crippen LogP) is 1.41. The summed E-state index contributed by atoms with van der Waals surface area (Å²) in [5, 5.41) is 0. The molecule has 0 saturated carbocycles. The summed E-state index contributed by atoms with van der Waals surface area (Å²) < 4.78 is 10.1. The van der Waals surface area contributed by atoms with E-state index < -0.39 is 0 Å². The summed E-state index contributed by atoms with van der Waals surface area (Å²) in [6.45, 7) is 0. The fraction of sp³-hybridized carbons (Fsp3) is 0.250. The third-order valence-corrected chi connectivity index (χ3v) is 1.57. The molecule has 0 fully saturated rings. The summed E-state index contributed by atoms with van der Waals surface area (Å²) in [6, 6.07) is 5.44. The van der Waals surface area contributed by atoms with Crippen molar-refractivity contribution in [3.8, 4) is 11.5 Å². The number of hydrazine groups is 1. The van der Waals surface area contributed by atoms with E-state index in [4.69, 9.17) is 15.3 Å². The lowest BCUT2D eigenvalue weighted by Gasteiger charge is -2.11. The fourth-order valence-corrected chi connectivity index (χ4v) is 0.993. The van der Waals surface area contributed by atoms with Gasteiger partial charge in [-0.2, -0.15) is 0 Å². The van der Waals surface area contributed by atoms with Gasteiger partial charge in [0.2, 0.25) is 0 Å². The van der Waals surface area contributed by atoms with Crippen LogP contribution in [0.5, 0.6) is 11.5 Å². The summed E-state index contributed by atoms with van der Waals surface area (Å²) >= 11 is 0. The highest BCUT2D eigenvalue weighted by molar-refractivity contribution is 5.85. The number of para-hydroxylation sites is 1. The maximum atomic E-state index is 5.29. The minimum atomic E-state index is 0. The first-order valence-corrected chi connectivity index (χ1v) is 3.51. The average molecular weight is 205 g/mol. The molecule has 1 aromatic rings. The van der Waals surface area contributed by atoms with Gasteiger partial charge >= 0.3 is 0 Å². The van der Waals surface area contributed by atoms with Crippen molar-refractivity contribution in [1.29, 1.82) is 0 Å². The zero-order chi connectivity index (χ0) is 8.97. The Balaban J connectivity index is 0.00000144. The third kappa shape index (κ3) is 2.40. The number of methoxy groups -OCH3 is 2. The molecule has 1 aromatic carbocycles. The van der Waals surface area contributed by atoms with Crippen LogP contribution in [0.2, 0.25) is 0 Å². The van der Waals surface area contributed by atoms with Crippen molar-refractivity contribution in [3.63, 3.8) is 0 Å². The SMILES string of the molecule is COc1cccc(OC)c1NN.Cl. The minimum Gasteiger partial charge on any atom is -0.494 e. The molecule has 74 valence electrons. The van der Waals surface area contributed by atoms with Gasteiger partial charge in [-0.05, 0) is 12.1 Å². The molecule has 0 aliphatic carbocycles. The Labute approximate surface area is 83.4 Å². The van der Waals surface area contributed by atoms with E-state index >= 15 is 0 Å². The first-order chi connectivity index (χ1) is 5.83. The predicted molar refractivity (Wildman–Crippen MR) is 54.6 cm³/mol. The number of ether oxygens (including phenoxy) is 2. The van der Waals surface area contributed by atoms with Crippen molar-refractivity contribution in [2.75, 3.05) is 19.6 Å². The zero-order valence-electron chi connectivity index (χ0n) is 7.53. The fourth-order valence-electron chi connectivity index (χ4n) is 0.993. The van der Waals surface area contributed by atoms with Crippen LogP contribution in [-0.4, -0.2) is 14.2 Å². The Hall–Kier alpha value is -1.13. The Morgan fingerprint density at radius 1 is 1.15 bits per heavy atom. The number of rotatable bonds is 3. The highest BCUT2D eigenvalue weighted by Crippen LogP contribution is 2.32. The molecule has 13 heavy (non-hydrogen) atoms. The average Bonchev–Trinajstić information content (AvgIpc) is 2.16. The van der Waals surface area contributed by atoms with Gasteiger partial charge in [0.1, 0.15) is 17.2 Å². The maximum Gasteiger partial charge on any atom is 0.147 e. The molecule has 0 bridgehead atoms. The lowest BCUT2D eigenvalue weighted by atomic mass is 10.3. The molecule has 0 radical (unpaired) electrons. The minimum absolute atomic E-state index is 0. The molecular formula is C8H13ClN2O2. The number of nitrogen functional groups attached to an aromatic ring is 1. The van der Waals surface area contributed by atoms with Crippen LogP contribution in [0.25, 0.3) is 0 Å². The van der Waals surface area contributed by atoms with Crippen LogP contribution in [0.1, 0.15) is 0 Å². The van der Waals surface area contributed by atoms with Crippen molar-refractivity contribution in [1.82, 2.24) is 0 Å². The molecule has 1 rings (SSSR count). The van der Waals surface area contributed by atoms with Crippen LogP contribution in [0, 0.1) is 0 Å². The first kappa shape index (κ1) is 11.9. The summed E-state index contributed by atoms with van der Waals surface area (Å²) in [5.74, 6) is 6.62. The lowest BCUT2D eigenvalue weighted by Crippen LogP contribution is -2.09. The first-order valence-electron chi connectivity index (χ1n) is 3.51. The normalized spacial score (nSPS) is 8.54. The van der Waals surface area contributed by atoms with Gasteiger partial charge in [-0.1, -0.05) is 6.07 Å². The molecule has 5 heteroatoms. The summed E-state index contributed by atoms with van der Waals surface area (Å²) in [7, 11) is 3.16. The largest absolute Gasteiger partial charge is 0.494 e. The maximum absolute atomic E-state index is 5.29. The molecule has 0 spiro atoms. The van der Waals surface area contributed by atoms with Crippen LogP contribution in [-0.2, 0) is 0 Å². The van der Waals surface area contributed by atoms with Crippen LogP contribution in [0.4, 0.5) is 5.69 Å². The molecule has 0 saturated heterocycles. The Morgan fingerprint density at radius 3 is 1.92 bits per heavy atom. The zero-order valence-corrected chi connectivity index (χ0v) is 8.35. The Morgan fingerprint density at radius 2 is 1.62 bits per heavy atom. The molecule has 0 aliphatic rings. The molecular weight excluding hydrogens is 192 g/mol. The number of hydrogen-bond acceptors (Lipinski definition) is 4. The van der Waals surface area contributed by atoms with E-state index in [2.05, 4.69) is 5.43 Å². The van der Waals surface area contributed by atoms with E-state index in [0.717, 1.165) is 0 Å². The number of hydrogen-bond donors (Lipinski definition) is 2. The number of anilines is 1. The molecule has 0 atom stereocenters. The Kier molecular flexibility index (Phi) is 5.03. The second-order valence-corrected chi connectivity index (χ2v) is 2.18. The number of benzene rings is 1. The van der Waals surface area contributed by atoms with Crippen molar-refractivity contribution >= 4 is 18.1 Å². The summed E-state index contributed by atoms with van der Waals surface area (Å²) in [4.78, 5) is 0. The van der Waals surface area contributed by atoms with Crippen molar-refractivity contribution < 1.29 is 9.47 Å². The second kappa shape index (κ2) is 5.50. The molecule has 3 N–H and O–H groups in total. The topological polar surface area (TPSA) is 56.5 Å². The lowest BCUT2D eigenvalue weighted by molar-refractivity contribution is 0.397. The van der Waals surface area contributed by atoms with E-state index in [-0.39, 0.29) is 12.4 Å². The van der Waals surface area contributed by atoms with E-state index in [1.165, 1.54) is 0 Å². The molecule has 0 aromatic heterocycles. The van der Waals surface area contributed by atoms with Crippen LogP contribution in [0.3, 0.4) is 0 Å². The van der Waals surface area contributed by atoms with Gasteiger partial charge in [-0.25, -0.2) is 0 Å². The van der Waals surface area contributed by atoms with Gasteiger partial charge < -0.3 is 14.9 Å². The van der Waals surface area contributed by atoms with Crippen molar-refractivity contribution in [2.24, 2.45) is 5.84 Å². The molecule has 4 nitrogen and oxygen atoms in total. The molecule has 0 aliphatic heterocycles. The van der Waals surface area contributed by atoms with E-state index in [9.17, 15) is 0 Å². The number of nitrogens with two attached hydrogens (primary N) is 1. The van der Waals surface area contributed by atoms with Crippen LogP contribution < -0.4 is 20.7 Å². The Bertz CT molecular complexity index is 246. The third-order valence-electron chi connectivity index (χ3n) is 1.57. The van der Waals surface area contributed by atoms with Gasteiger partial charge in [0.15, 0.2) is 0 Å². The van der Waals surface area contributed by atoms with E-state index in [0.29, 0.717) is 17.2 Å². The van der Waals surface area contributed by atoms with E-state index in [1.54, 1.807) is 26.4 Å². The molecule has 0 unspecified atom stereocenters. The summed E-state index contributed by atoms with van der Waals surface area (Å²) in [6.07, 6.45) is 0. The highest BCUT2D eigenvalue weighted by atomic mass is 35.5. The standard InChI is InChI=1S/C8H12N2O2.ClH/c1-11-6-4-3-5-7(12-2)8(6)10-9;/h3-5,10H,9H2,1-2H3;1H. The van der Waals surface area contributed by atoms with Gasteiger partial charge in [-0.3, -0.25) is 5.84 Å². The smallest absolute Gasteiger partial charge is 0.147 e. The quantitative estimate of drug-likeness (QED) is 0.578.